The van der Waals surface area contributed by atoms with Gasteiger partial charge in [-0.3, -0.25) is 0 Å². The Morgan fingerprint density at radius 2 is 1.71 bits per heavy atom. The summed E-state index contributed by atoms with van der Waals surface area (Å²) >= 11 is 0. The van der Waals surface area contributed by atoms with Gasteiger partial charge >= 0.3 is 5.97 Å². The van der Waals surface area contributed by atoms with Gasteiger partial charge in [-0.25, -0.2) is 9.18 Å². The Morgan fingerprint density at radius 1 is 1.10 bits per heavy atom. The van der Waals surface area contributed by atoms with E-state index in [1.807, 2.05) is 19.9 Å². The van der Waals surface area contributed by atoms with Gasteiger partial charge in [0, 0.05) is 12.1 Å². The number of hydrogen-bond acceptors (Lipinski definition) is 2. The monoisotopic (exact) mass is 286 g/mol. The van der Waals surface area contributed by atoms with Crippen LogP contribution in [0.25, 0.3) is 6.08 Å². The van der Waals surface area contributed by atoms with Gasteiger partial charge in [-0.05, 0) is 48.7 Å². The van der Waals surface area contributed by atoms with Gasteiger partial charge in [0.2, 0.25) is 0 Å². The van der Waals surface area contributed by atoms with Crippen LogP contribution in [0.1, 0.15) is 16.7 Å². The lowest BCUT2D eigenvalue weighted by Crippen LogP contribution is -1.92. The maximum atomic E-state index is 13.3. The molecular formula is C17H15FO3. The smallest absolute Gasteiger partial charge is 0.328 e. The van der Waals surface area contributed by atoms with Crippen LogP contribution in [-0.2, 0) is 4.79 Å². The molecule has 0 radical (unpaired) electrons. The molecule has 3 nitrogen and oxygen atoms in total. The summed E-state index contributed by atoms with van der Waals surface area (Å²) in [5.41, 5.74) is 2.40. The molecular weight excluding hydrogens is 271 g/mol. The SMILES string of the molecule is Cc1ccc(F)cc1Oc1cc(/C=C/C(=O)O)ccc1C. The molecule has 0 saturated heterocycles. The van der Waals surface area contributed by atoms with Gasteiger partial charge in [-0.1, -0.05) is 18.2 Å². The lowest BCUT2D eigenvalue weighted by atomic mass is 10.1. The maximum absolute atomic E-state index is 13.3. The quantitative estimate of drug-likeness (QED) is 0.851. The van der Waals surface area contributed by atoms with E-state index in [1.165, 1.54) is 18.2 Å². The van der Waals surface area contributed by atoms with Crippen molar-refractivity contribution < 1.29 is 19.0 Å². The molecule has 4 heteroatoms. The van der Waals surface area contributed by atoms with Crippen LogP contribution in [0.4, 0.5) is 4.39 Å². The molecule has 0 aliphatic heterocycles. The second-order valence-corrected chi connectivity index (χ2v) is 4.71. The number of aliphatic carboxylic acids is 1. The Morgan fingerprint density at radius 3 is 2.38 bits per heavy atom. The van der Waals surface area contributed by atoms with Gasteiger partial charge in [0.25, 0.3) is 0 Å². The summed E-state index contributed by atoms with van der Waals surface area (Å²) < 4.78 is 19.0. The van der Waals surface area contributed by atoms with Gasteiger partial charge in [-0.2, -0.15) is 0 Å². The number of hydrogen-bond donors (Lipinski definition) is 1. The largest absolute Gasteiger partial charge is 0.478 e. The van der Waals surface area contributed by atoms with Crippen LogP contribution in [0, 0.1) is 19.7 Å². The third-order valence-corrected chi connectivity index (χ3v) is 3.00. The summed E-state index contributed by atoms with van der Waals surface area (Å²) in [5, 5.41) is 8.64. The Labute approximate surface area is 122 Å². The zero-order valence-electron chi connectivity index (χ0n) is 11.8. The van der Waals surface area contributed by atoms with Crippen LogP contribution >= 0.6 is 0 Å². The molecule has 1 N–H and O–H groups in total. The van der Waals surface area contributed by atoms with Crippen molar-refractivity contribution in [2.24, 2.45) is 0 Å². The predicted octanol–water partition coefficient (Wildman–Crippen LogP) is 4.33. The molecule has 0 fully saturated rings. The van der Waals surface area contributed by atoms with E-state index in [0.29, 0.717) is 17.1 Å². The van der Waals surface area contributed by atoms with E-state index in [2.05, 4.69) is 0 Å². The number of aryl methyl sites for hydroxylation is 2. The van der Waals surface area contributed by atoms with Crippen LogP contribution in [-0.4, -0.2) is 11.1 Å². The summed E-state index contributed by atoms with van der Waals surface area (Å²) in [6.07, 6.45) is 2.54. The fraction of sp³-hybridized carbons (Fsp3) is 0.118. The van der Waals surface area contributed by atoms with Crippen LogP contribution in [0.2, 0.25) is 0 Å². The van der Waals surface area contributed by atoms with Gasteiger partial charge in [0.15, 0.2) is 0 Å². The summed E-state index contributed by atoms with van der Waals surface area (Å²) in [6.45, 7) is 3.70. The topological polar surface area (TPSA) is 46.5 Å². The fourth-order valence-corrected chi connectivity index (χ4v) is 1.80. The molecule has 0 amide bonds. The predicted molar refractivity (Wildman–Crippen MR) is 79.1 cm³/mol. The van der Waals surface area contributed by atoms with Crippen LogP contribution in [0.3, 0.4) is 0 Å². The van der Waals surface area contributed by atoms with Crippen molar-refractivity contribution in [2.75, 3.05) is 0 Å². The lowest BCUT2D eigenvalue weighted by molar-refractivity contribution is -0.131. The van der Waals surface area contributed by atoms with Crippen molar-refractivity contribution >= 4 is 12.0 Å². The van der Waals surface area contributed by atoms with E-state index in [4.69, 9.17) is 9.84 Å². The first-order chi connectivity index (χ1) is 9.95. The van der Waals surface area contributed by atoms with Gasteiger partial charge in [0.1, 0.15) is 17.3 Å². The van der Waals surface area contributed by atoms with Crippen molar-refractivity contribution in [1.82, 2.24) is 0 Å². The Hall–Kier alpha value is -2.62. The highest BCUT2D eigenvalue weighted by Crippen LogP contribution is 2.29. The van der Waals surface area contributed by atoms with E-state index in [0.717, 1.165) is 17.2 Å². The maximum Gasteiger partial charge on any atom is 0.328 e. The number of ether oxygens (including phenoxy) is 1. The number of rotatable bonds is 4. The van der Waals surface area contributed by atoms with E-state index < -0.39 is 5.97 Å². The van der Waals surface area contributed by atoms with E-state index in [1.54, 1.807) is 18.2 Å². The normalized spacial score (nSPS) is 10.8. The van der Waals surface area contributed by atoms with Crippen molar-refractivity contribution in [2.45, 2.75) is 13.8 Å². The fourth-order valence-electron chi connectivity index (χ4n) is 1.80. The van der Waals surface area contributed by atoms with Crippen LogP contribution in [0.15, 0.2) is 42.5 Å². The molecule has 0 unspecified atom stereocenters. The van der Waals surface area contributed by atoms with E-state index >= 15 is 0 Å². The molecule has 0 aliphatic rings. The number of carbonyl (C=O) groups is 1. The second kappa shape index (κ2) is 6.22. The minimum Gasteiger partial charge on any atom is -0.478 e. The van der Waals surface area contributed by atoms with Crippen molar-refractivity contribution in [3.05, 3.63) is 65.0 Å². The third kappa shape index (κ3) is 3.92. The highest BCUT2D eigenvalue weighted by atomic mass is 19.1. The Bertz CT molecular complexity index is 705. The van der Waals surface area contributed by atoms with Gasteiger partial charge in [0.05, 0.1) is 0 Å². The zero-order valence-corrected chi connectivity index (χ0v) is 11.8. The molecule has 0 aliphatic carbocycles. The first-order valence-electron chi connectivity index (χ1n) is 6.41. The highest BCUT2D eigenvalue weighted by Gasteiger charge is 2.06. The molecule has 0 bridgehead atoms. The van der Waals surface area contributed by atoms with Crippen LogP contribution < -0.4 is 4.74 Å². The molecule has 0 spiro atoms. The van der Waals surface area contributed by atoms with Crippen molar-refractivity contribution in [3.63, 3.8) is 0 Å². The first-order valence-corrected chi connectivity index (χ1v) is 6.41. The molecule has 2 aromatic carbocycles. The molecule has 21 heavy (non-hydrogen) atoms. The molecule has 0 saturated carbocycles. The molecule has 108 valence electrons. The zero-order chi connectivity index (χ0) is 15.4. The summed E-state index contributed by atoms with van der Waals surface area (Å²) in [5.74, 6) is -0.372. The minimum atomic E-state index is -1.01. The molecule has 2 rings (SSSR count). The lowest BCUT2D eigenvalue weighted by Gasteiger charge is -2.11. The average Bonchev–Trinajstić information content (AvgIpc) is 2.43. The summed E-state index contributed by atoms with van der Waals surface area (Å²) in [4.78, 5) is 10.5. The summed E-state index contributed by atoms with van der Waals surface area (Å²) in [7, 11) is 0. The number of carboxylic acid groups (broad SMARTS) is 1. The first kappa shape index (κ1) is 14.8. The third-order valence-electron chi connectivity index (χ3n) is 3.00. The van der Waals surface area contributed by atoms with Crippen molar-refractivity contribution in [3.8, 4) is 11.5 Å². The Kier molecular flexibility index (Phi) is 4.38. The van der Waals surface area contributed by atoms with Crippen LogP contribution in [0.5, 0.6) is 11.5 Å². The highest BCUT2D eigenvalue weighted by molar-refractivity contribution is 5.85. The average molecular weight is 286 g/mol. The van der Waals surface area contributed by atoms with E-state index in [-0.39, 0.29) is 5.82 Å². The molecule has 2 aromatic rings. The van der Waals surface area contributed by atoms with Crippen molar-refractivity contribution in [1.29, 1.82) is 0 Å². The molecule has 0 atom stereocenters. The number of halogens is 1. The minimum absolute atomic E-state index is 0.366. The molecule has 0 heterocycles. The second-order valence-electron chi connectivity index (χ2n) is 4.71. The Balaban J connectivity index is 2.33. The van der Waals surface area contributed by atoms with Gasteiger partial charge in [-0.15, -0.1) is 0 Å². The number of carboxylic acids is 1. The number of benzene rings is 2. The summed E-state index contributed by atoms with van der Waals surface area (Å²) in [6, 6.07) is 9.69. The van der Waals surface area contributed by atoms with Gasteiger partial charge < -0.3 is 9.84 Å². The van der Waals surface area contributed by atoms with E-state index in [9.17, 15) is 9.18 Å². The molecule has 0 aromatic heterocycles. The standard InChI is InChI=1S/C17H15FO3/c1-11-3-5-13(6-8-17(19)20)9-15(11)21-16-10-14(18)7-4-12(16)2/h3-10H,1-2H3,(H,19,20)/b8-6+.